The fourth-order valence-corrected chi connectivity index (χ4v) is 3.62. The lowest BCUT2D eigenvalue weighted by atomic mass is 9.85. The topological polar surface area (TPSA) is 15.6 Å². The van der Waals surface area contributed by atoms with Crippen molar-refractivity contribution < 1.29 is 0 Å². The molecular weight excluding hydrogens is 292 g/mol. The molecule has 0 heterocycles. The van der Waals surface area contributed by atoms with Gasteiger partial charge in [0.15, 0.2) is 0 Å². The molecule has 0 amide bonds. The molecule has 24 heavy (non-hydrogen) atoms. The molecule has 0 bridgehead atoms. The third kappa shape index (κ3) is 4.57. The Morgan fingerprint density at radius 3 is 2.42 bits per heavy atom. The van der Waals surface area contributed by atoms with Gasteiger partial charge in [-0.2, -0.15) is 0 Å². The fourth-order valence-electron chi connectivity index (χ4n) is 3.62. The molecular formula is C22H32N2. The van der Waals surface area contributed by atoms with Crippen LogP contribution in [-0.4, -0.2) is 31.3 Å². The highest BCUT2D eigenvalue weighted by Crippen LogP contribution is 2.33. The van der Waals surface area contributed by atoms with E-state index in [1.165, 1.54) is 56.3 Å². The van der Waals surface area contributed by atoms with E-state index in [9.17, 15) is 0 Å². The molecule has 2 aliphatic carbocycles. The maximum Gasteiger partial charge on any atom is 0.0729 e. The molecule has 2 aliphatic rings. The van der Waals surface area contributed by atoms with Crippen LogP contribution in [0.15, 0.2) is 29.3 Å². The largest absolute Gasteiger partial charge is 0.299 e. The lowest BCUT2D eigenvalue weighted by molar-refractivity contribution is 0.186. The predicted molar refractivity (Wildman–Crippen MR) is 105 cm³/mol. The molecule has 1 aromatic carbocycles. The molecule has 1 aromatic rings. The number of rotatable bonds is 9. The summed E-state index contributed by atoms with van der Waals surface area (Å²) in [5.41, 5.74) is 3.54. The Bertz CT molecular complexity index is 580. The summed E-state index contributed by atoms with van der Waals surface area (Å²) >= 11 is 0. The standard InChI is InChI=1S/C22H32N2/c1-17(2)21-11-5-9-20(22(21)23-3)10-6-14-24(16-19-12-13-19)15-18-7-4-8-18/h5-6,9-11,17-19H,3-4,7-8,12-16H2,1-2H3/b10-6-. The zero-order valence-electron chi connectivity index (χ0n) is 15.4. The average molecular weight is 325 g/mol. The molecule has 0 N–H and O–H groups in total. The van der Waals surface area contributed by atoms with Crippen molar-refractivity contribution in [1.29, 1.82) is 0 Å². The Labute approximate surface area is 147 Å². The van der Waals surface area contributed by atoms with Gasteiger partial charge >= 0.3 is 0 Å². The van der Waals surface area contributed by atoms with E-state index >= 15 is 0 Å². The van der Waals surface area contributed by atoms with Gasteiger partial charge < -0.3 is 0 Å². The van der Waals surface area contributed by atoms with Crippen molar-refractivity contribution >= 4 is 18.5 Å². The Morgan fingerprint density at radius 1 is 1.17 bits per heavy atom. The van der Waals surface area contributed by atoms with E-state index in [2.05, 4.69) is 60.8 Å². The minimum absolute atomic E-state index is 0.476. The first kappa shape index (κ1) is 17.4. The summed E-state index contributed by atoms with van der Waals surface area (Å²) in [5.74, 6) is 2.39. The van der Waals surface area contributed by atoms with E-state index in [4.69, 9.17) is 0 Å². The van der Waals surface area contributed by atoms with E-state index in [1.807, 2.05) is 0 Å². The lowest BCUT2D eigenvalue weighted by Gasteiger charge is -2.32. The van der Waals surface area contributed by atoms with E-state index in [0.29, 0.717) is 5.92 Å². The van der Waals surface area contributed by atoms with Crippen LogP contribution in [0.5, 0.6) is 0 Å². The van der Waals surface area contributed by atoms with Crippen LogP contribution in [0, 0.1) is 11.8 Å². The van der Waals surface area contributed by atoms with Crippen LogP contribution in [-0.2, 0) is 0 Å². The monoisotopic (exact) mass is 324 g/mol. The summed E-state index contributed by atoms with van der Waals surface area (Å²) in [4.78, 5) is 6.98. The number of hydrogen-bond donors (Lipinski definition) is 0. The zero-order chi connectivity index (χ0) is 16.9. The molecule has 130 valence electrons. The van der Waals surface area contributed by atoms with Crippen LogP contribution in [0.3, 0.4) is 0 Å². The van der Waals surface area contributed by atoms with Crippen LogP contribution in [0.25, 0.3) is 6.08 Å². The first-order chi connectivity index (χ1) is 11.7. The van der Waals surface area contributed by atoms with Gasteiger partial charge in [0, 0.05) is 25.2 Å². The second kappa shape index (κ2) is 8.11. The van der Waals surface area contributed by atoms with Gasteiger partial charge in [-0.05, 0) is 55.7 Å². The van der Waals surface area contributed by atoms with Gasteiger partial charge in [0.05, 0.1) is 5.69 Å². The maximum absolute atomic E-state index is 4.30. The normalized spacial score (nSPS) is 18.5. The second-order valence-electron chi connectivity index (χ2n) is 7.96. The minimum Gasteiger partial charge on any atom is -0.299 e. The smallest absolute Gasteiger partial charge is 0.0729 e. The summed E-state index contributed by atoms with van der Waals surface area (Å²) in [7, 11) is 0. The molecule has 0 aliphatic heterocycles. The summed E-state index contributed by atoms with van der Waals surface area (Å²) in [5, 5.41) is 0. The fraction of sp³-hybridized carbons (Fsp3) is 0.591. The van der Waals surface area contributed by atoms with E-state index < -0.39 is 0 Å². The van der Waals surface area contributed by atoms with Gasteiger partial charge in [-0.3, -0.25) is 9.89 Å². The number of para-hydroxylation sites is 1. The Morgan fingerprint density at radius 2 is 1.88 bits per heavy atom. The highest BCUT2D eigenvalue weighted by molar-refractivity contribution is 5.69. The van der Waals surface area contributed by atoms with E-state index in [-0.39, 0.29) is 0 Å². The van der Waals surface area contributed by atoms with Crippen LogP contribution in [0.4, 0.5) is 5.69 Å². The molecule has 0 spiro atoms. The molecule has 2 heteroatoms. The van der Waals surface area contributed by atoms with E-state index in [1.54, 1.807) is 0 Å². The molecule has 2 fully saturated rings. The third-order valence-electron chi connectivity index (χ3n) is 5.49. The van der Waals surface area contributed by atoms with Crippen molar-refractivity contribution in [2.24, 2.45) is 16.8 Å². The van der Waals surface area contributed by atoms with Crippen molar-refractivity contribution in [2.75, 3.05) is 19.6 Å². The molecule has 0 radical (unpaired) electrons. The zero-order valence-corrected chi connectivity index (χ0v) is 15.4. The predicted octanol–water partition coefficient (Wildman–Crippen LogP) is 5.67. The highest BCUT2D eigenvalue weighted by atomic mass is 15.1. The van der Waals surface area contributed by atoms with Crippen molar-refractivity contribution in [3.05, 3.63) is 35.4 Å². The van der Waals surface area contributed by atoms with Gasteiger partial charge in [-0.25, -0.2) is 0 Å². The first-order valence-electron chi connectivity index (χ1n) is 9.66. The van der Waals surface area contributed by atoms with Gasteiger partial charge in [0.1, 0.15) is 0 Å². The number of nitrogens with zero attached hydrogens (tertiary/aromatic N) is 2. The van der Waals surface area contributed by atoms with Crippen LogP contribution < -0.4 is 0 Å². The molecule has 0 aromatic heterocycles. The molecule has 2 nitrogen and oxygen atoms in total. The average Bonchev–Trinajstić information content (AvgIpc) is 3.34. The van der Waals surface area contributed by atoms with Crippen LogP contribution >= 0.6 is 0 Å². The molecule has 0 atom stereocenters. The molecule has 0 unspecified atom stereocenters. The quantitative estimate of drug-likeness (QED) is 0.535. The van der Waals surface area contributed by atoms with Crippen LogP contribution in [0.1, 0.15) is 63.0 Å². The first-order valence-corrected chi connectivity index (χ1v) is 9.66. The van der Waals surface area contributed by atoms with Gasteiger partial charge in [-0.15, -0.1) is 0 Å². The summed E-state index contributed by atoms with van der Waals surface area (Å²) < 4.78 is 0. The Hall–Kier alpha value is -1.41. The Kier molecular flexibility index (Phi) is 5.89. The number of aliphatic imine (C=N–C) groups is 1. The summed E-state index contributed by atoms with van der Waals surface area (Å²) in [6.45, 7) is 11.9. The van der Waals surface area contributed by atoms with Gasteiger partial charge in [0.25, 0.3) is 0 Å². The van der Waals surface area contributed by atoms with Crippen molar-refractivity contribution in [1.82, 2.24) is 4.90 Å². The molecule has 0 saturated heterocycles. The van der Waals surface area contributed by atoms with Gasteiger partial charge in [-0.1, -0.05) is 50.6 Å². The SMILES string of the molecule is C=Nc1c(/C=C\CN(CC2CCC2)CC2CC2)cccc1C(C)C. The lowest BCUT2D eigenvalue weighted by Crippen LogP contribution is -2.34. The molecule has 3 rings (SSSR count). The van der Waals surface area contributed by atoms with Crippen molar-refractivity contribution in [3.8, 4) is 0 Å². The minimum atomic E-state index is 0.476. The second-order valence-corrected chi connectivity index (χ2v) is 7.96. The number of hydrogen-bond acceptors (Lipinski definition) is 2. The maximum atomic E-state index is 4.30. The number of benzene rings is 1. The Balaban J connectivity index is 1.64. The van der Waals surface area contributed by atoms with Crippen LogP contribution in [0.2, 0.25) is 0 Å². The highest BCUT2D eigenvalue weighted by Gasteiger charge is 2.26. The van der Waals surface area contributed by atoms with Crippen molar-refractivity contribution in [3.63, 3.8) is 0 Å². The summed E-state index contributed by atoms with van der Waals surface area (Å²) in [6.07, 6.45) is 11.8. The van der Waals surface area contributed by atoms with E-state index in [0.717, 1.165) is 24.1 Å². The summed E-state index contributed by atoms with van der Waals surface area (Å²) in [6, 6.07) is 6.46. The third-order valence-corrected chi connectivity index (χ3v) is 5.49. The van der Waals surface area contributed by atoms with Gasteiger partial charge in [0.2, 0.25) is 0 Å². The van der Waals surface area contributed by atoms with Crippen molar-refractivity contribution in [2.45, 2.75) is 51.9 Å². The molecule has 2 saturated carbocycles.